The molecule has 4 aromatic rings. The molecular formula is C26H28N4O5. The Morgan fingerprint density at radius 3 is 2.46 bits per heavy atom. The lowest BCUT2D eigenvalue weighted by Gasteiger charge is -2.20. The van der Waals surface area contributed by atoms with Crippen LogP contribution in [-0.4, -0.2) is 34.8 Å². The second kappa shape index (κ2) is 10.3. The molecule has 0 spiro atoms. The van der Waals surface area contributed by atoms with Crippen molar-refractivity contribution in [3.63, 3.8) is 0 Å². The number of hydrogen-bond acceptors (Lipinski definition) is 7. The molecule has 9 nitrogen and oxygen atoms in total. The summed E-state index contributed by atoms with van der Waals surface area (Å²) in [7, 11) is 5.04. The van der Waals surface area contributed by atoms with Gasteiger partial charge in [0.05, 0.1) is 25.5 Å². The summed E-state index contributed by atoms with van der Waals surface area (Å²) in [5.41, 5.74) is 2.96. The maximum Gasteiger partial charge on any atom is 0.252 e. The van der Waals surface area contributed by atoms with Gasteiger partial charge in [0.1, 0.15) is 30.0 Å². The molecule has 0 saturated carbocycles. The standard InChI is InChI=1S/C26H28N4O5/c1-16-21(17(2)35-29-16)15-34-22-11-8-19(14-23(22)33-5)26(31)28-24(25-27-12-13-30(25)3)18-6-9-20(32-4)10-7-18/h6-14,24H,15H2,1-5H3,(H,28,31)/t24-/m0/s1. The summed E-state index contributed by atoms with van der Waals surface area (Å²) in [6, 6.07) is 12.1. The first-order valence-corrected chi connectivity index (χ1v) is 11.1. The van der Waals surface area contributed by atoms with Crippen LogP contribution in [0.25, 0.3) is 0 Å². The Balaban J connectivity index is 1.56. The van der Waals surface area contributed by atoms with E-state index in [1.54, 1.807) is 31.5 Å². The minimum Gasteiger partial charge on any atom is -0.497 e. The van der Waals surface area contributed by atoms with Crippen LogP contribution in [0.1, 0.15) is 44.8 Å². The zero-order valence-corrected chi connectivity index (χ0v) is 20.4. The molecule has 0 aliphatic rings. The van der Waals surface area contributed by atoms with E-state index in [-0.39, 0.29) is 12.5 Å². The summed E-state index contributed by atoms with van der Waals surface area (Å²) in [5.74, 6) is 2.83. The smallest absolute Gasteiger partial charge is 0.252 e. The number of hydrogen-bond donors (Lipinski definition) is 1. The third kappa shape index (κ3) is 5.13. The summed E-state index contributed by atoms with van der Waals surface area (Å²) in [6.45, 7) is 3.98. The largest absolute Gasteiger partial charge is 0.497 e. The fourth-order valence-electron chi connectivity index (χ4n) is 3.75. The second-order valence-electron chi connectivity index (χ2n) is 8.03. The summed E-state index contributed by atoms with van der Waals surface area (Å²) < 4.78 is 23.8. The number of methoxy groups -OCH3 is 2. The number of benzene rings is 2. The third-order valence-electron chi connectivity index (χ3n) is 5.82. The topological polar surface area (TPSA) is 101 Å². The van der Waals surface area contributed by atoms with E-state index in [9.17, 15) is 4.79 Å². The molecule has 0 bridgehead atoms. The summed E-state index contributed by atoms with van der Waals surface area (Å²) in [5, 5.41) is 7.04. The molecule has 0 aliphatic carbocycles. The zero-order chi connectivity index (χ0) is 24.9. The van der Waals surface area contributed by atoms with Gasteiger partial charge in [-0.1, -0.05) is 17.3 Å². The minimum atomic E-state index is -0.463. The van der Waals surface area contributed by atoms with Crippen LogP contribution < -0.4 is 19.5 Å². The van der Waals surface area contributed by atoms with Crippen molar-refractivity contribution in [3.05, 3.63) is 88.8 Å². The van der Waals surface area contributed by atoms with E-state index in [1.807, 2.05) is 55.9 Å². The molecule has 35 heavy (non-hydrogen) atoms. The highest BCUT2D eigenvalue weighted by Crippen LogP contribution is 2.30. The van der Waals surface area contributed by atoms with E-state index in [0.29, 0.717) is 28.6 Å². The van der Waals surface area contributed by atoms with E-state index in [4.69, 9.17) is 18.7 Å². The Labute approximate surface area is 203 Å². The maximum atomic E-state index is 13.3. The van der Waals surface area contributed by atoms with E-state index in [2.05, 4.69) is 15.5 Å². The highest BCUT2D eigenvalue weighted by molar-refractivity contribution is 5.95. The van der Waals surface area contributed by atoms with Gasteiger partial charge in [-0.25, -0.2) is 4.98 Å². The molecular weight excluding hydrogens is 448 g/mol. The molecule has 1 N–H and O–H groups in total. The van der Waals surface area contributed by atoms with E-state index >= 15 is 0 Å². The number of amides is 1. The highest BCUT2D eigenvalue weighted by Gasteiger charge is 2.22. The van der Waals surface area contributed by atoms with Crippen molar-refractivity contribution in [1.29, 1.82) is 0 Å². The van der Waals surface area contributed by atoms with Crippen molar-refractivity contribution in [2.24, 2.45) is 7.05 Å². The van der Waals surface area contributed by atoms with Gasteiger partial charge < -0.3 is 28.6 Å². The Bertz CT molecular complexity index is 1290. The molecule has 2 heterocycles. The monoisotopic (exact) mass is 476 g/mol. The van der Waals surface area contributed by atoms with Gasteiger partial charge in [0.15, 0.2) is 11.5 Å². The summed E-state index contributed by atoms with van der Waals surface area (Å²) in [4.78, 5) is 17.7. The first kappa shape index (κ1) is 23.9. The average Bonchev–Trinajstić information content (AvgIpc) is 3.45. The van der Waals surface area contributed by atoms with E-state index < -0.39 is 6.04 Å². The molecule has 0 radical (unpaired) electrons. The van der Waals surface area contributed by atoms with Gasteiger partial charge in [-0.05, 0) is 49.7 Å². The summed E-state index contributed by atoms with van der Waals surface area (Å²) in [6.07, 6.45) is 3.54. The number of aryl methyl sites for hydroxylation is 3. The molecule has 182 valence electrons. The lowest BCUT2D eigenvalue weighted by molar-refractivity contribution is 0.0940. The average molecular weight is 477 g/mol. The van der Waals surface area contributed by atoms with Crippen LogP contribution >= 0.6 is 0 Å². The van der Waals surface area contributed by atoms with Crippen LogP contribution in [0, 0.1) is 13.8 Å². The van der Waals surface area contributed by atoms with Gasteiger partial charge in [-0.3, -0.25) is 4.79 Å². The summed E-state index contributed by atoms with van der Waals surface area (Å²) >= 11 is 0. The van der Waals surface area contributed by atoms with Crippen LogP contribution in [0.5, 0.6) is 17.2 Å². The van der Waals surface area contributed by atoms with Crippen LogP contribution in [0.2, 0.25) is 0 Å². The number of nitrogens with one attached hydrogen (secondary N) is 1. The molecule has 9 heteroatoms. The molecule has 1 amide bonds. The lowest BCUT2D eigenvalue weighted by atomic mass is 10.0. The van der Waals surface area contributed by atoms with Gasteiger partial charge in [0.2, 0.25) is 0 Å². The first-order chi connectivity index (χ1) is 16.9. The van der Waals surface area contributed by atoms with Gasteiger partial charge >= 0.3 is 0 Å². The molecule has 0 saturated heterocycles. The number of nitrogens with zero attached hydrogens (tertiary/aromatic N) is 3. The Morgan fingerprint density at radius 1 is 1.09 bits per heavy atom. The van der Waals surface area contributed by atoms with Crippen LogP contribution in [0.3, 0.4) is 0 Å². The molecule has 1 atom stereocenters. The van der Waals surface area contributed by atoms with Gasteiger partial charge in [0.25, 0.3) is 5.91 Å². The second-order valence-corrected chi connectivity index (χ2v) is 8.03. The first-order valence-electron chi connectivity index (χ1n) is 11.1. The molecule has 0 unspecified atom stereocenters. The van der Waals surface area contributed by atoms with E-state index in [0.717, 1.165) is 22.6 Å². The SMILES string of the molecule is COc1ccc([C@H](NC(=O)c2ccc(OCc3c(C)noc3C)c(OC)c2)c2nccn2C)cc1. The molecule has 0 fully saturated rings. The number of rotatable bonds is 9. The molecule has 2 aromatic heterocycles. The Morgan fingerprint density at radius 2 is 1.86 bits per heavy atom. The number of carbonyl (C=O) groups is 1. The van der Waals surface area contributed by atoms with Crippen molar-refractivity contribution < 1.29 is 23.5 Å². The predicted molar refractivity (Wildman–Crippen MR) is 129 cm³/mol. The number of aromatic nitrogens is 3. The quantitative estimate of drug-likeness (QED) is 0.387. The van der Waals surface area contributed by atoms with Crippen molar-refractivity contribution in [2.45, 2.75) is 26.5 Å². The normalized spacial score (nSPS) is 11.7. The number of carbonyl (C=O) groups excluding carboxylic acids is 1. The van der Waals surface area contributed by atoms with Gasteiger partial charge in [0, 0.05) is 25.0 Å². The predicted octanol–water partition coefficient (Wildman–Crippen LogP) is 4.14. The van der Waals surface area contributed by atoms with Crippen LogP contribution in [0.4, 0.5) is 0 Å². The Kier molecular flexibility index (Phi) is 7.05. The highest BCUT2D eigenvalue weighted by atomic mass is 16.5. The van der Waals surface area contributed by atoms with Crippen molar-refractivity contribution in [1.82, 2.24) is 20.0 Å². The maximum absolute atomic E-state index is 13.3. The lowest BCUT2D eigenvalue weighted by Crippen LogP contribution is -2.31. The zero-order valence-electron chi connectivity index (χ0n) is 20.4. The van der Waals surface area contributed by atoms with Gasteiger partial charge in [-0.15, -0.1) is 0 Å². The van der Waals surface area contributed by atoms with Crippen molar-refractivity contribution in [3.8, 4) is 17.2 Å². The van der Waals surface area contributed by atoms with Crippen molar-refractivity contribution in [2.75, 3.05) is 14.2 Å². The third-order valence-corrected chi connectivity index (χ3v) is 5.82. The number of ether oxygens (including phenoxy) is 3. The fraction of sp³-hybridized carbons (Fsp3) is 0.269. The van der Waals surface area contributed by atoms with Crippen molar-refractivity contribution >= 4 is 5.91 Å². The molecule has 0 aliphatic heterocycles. The van der Waals surface area contributed by atoms with Gasteiger partial charge in [-0.2, -0.15) is 0 Å². The fourth-order valence-corrected chi connectivity index (χ4v) is 3.75. The molecule has 4 rings (SSSR count). The number of imidazole rings is 1. The van der Waals surface area contributed by atoms with E-state index in [1.165, 1.54) is 7.11 Å². The Hall–Kier alpha value is -4.27. The molecule has 2 aromatic carbocycles. The van der Waals surface area contributed by atoms with Crippen LogP contribution in [0.15, 0.2) is 59.4 Å². The van der Waals surface area contributed by atoms with Crippen LogP contribution in [-0.2, 0) is 13.7 Å². The minimum absolute atomic E-state index is 0.274.